The van der Waals surface area contributed by atoms with Crippen LogP contribution in [0.25, 0.3) is 116 Å². The lowest BCUT2D eigenvalue weighted by molar-refractivity contribution is 0.783. The molecule has 0 saturated heterocycles. The van der Waals surface area contributed by atoms with Gasteiger partial charge in [0.1, 0.15) is 0 Å². The van der Waals surface area contributed by atoms with Crippen LogP contribution in [0.1, 0.15) is 45.5 Å². The van der Waals surface area contributed by atoms with E-state index in [4.69, 9.17) is 0 Å². The number of para-hydroxylation sites is 6. The van der Waals surface area contributed by atoms with Gasteiger partial charge in [-0.3, -0.25) is 0 Å². The van der Waals surface area contributed by atoms with Crippen LogP contribution in [0.4, 0.5) is 5.69 Å². The van der Waals surface area contributed by atoms with E-state index < -0.39 is 5.41 Å². The summed E-state index contributed by atoms with van der Waals surface area (Å²) in [6.07, 6.45) is 6.71. The first-order chi connectivity index (χ1) is 39.2. The number of nitrogens with one attached hydrogen (secondary N) is 1. The lowest BCUT2D eigenvalue weighted by atomic mass is 9.69. The van der Waals surface area contributed by atoms with Gasteiger partial charge in [0.25, 0.3) is 0 Å². The molecule has 3 aromatic heterocycles. The molecule has 0 amide bonds. The Kier molecular flexibility index (Phi) is 9.41. The molecule has 3 heterocycles. The summed E-state index contributed by atoms with van der Waals surface area (Å²) in [7, 11) is 2.02. The third-order valence-electron chi connectivity index (χ3n) is 18.0. The number of rotatable bonds is 7. The maximum atomic E-state index is 3.50. The summed E-state index contributed by atoms with van der Waals surface area (Å²) in [5.74, 6) is 0. The molecule has 0 saturated carbocycles. The van der Waals surface area contributed by atoms with Gasteiger partial charge in [-0.25, -0.2) is 0 Å². The van der Waals surface area contributed by atoms with E-state index in [0.29, 0.717) is 0 Å². The summed E-state index contributed by atoms with van der Waals surface area (Å²) in [5, 5.41) is 9.89. The second-order valence-corrected chi connectivity index (χ2v) is 21.8. The predicted octanol–water partition coefficient (Wildman–Crippen LogP) is 18.6. The van der Waals surface area contributed by atoms with E-state index in [1.54, 1.807) is 0 Å². The molecule has 0 fully saturated rings. The molecule has 1 atom stereocenters. The molecule has 3 aliphatic rings. The Labute approximate surface area is 458 Å². The average molecular weight is 1010 g/mol. The maximum absolute atomic E-state index is 3.50. The molecule has 4 nitrogen and oxygen atoms in total. The average Bonchev–Trinajstić information content (AvgIpc) is 4.20. The Morgan fingerprint density at radius 2 is 0.861 bits per heavy atom. The van der Waals surface area contributed by atoms with E-state index in [9.17, 15) is 0 Å². The normalized spacial score (nSPS) is 14.8. The van der Waals surface area contributed by atoms with Crippen molar-refractivity contribution in [2.45, 2.75) is 24.8 Å². The monoisotopic (exact) mass is 1010 g/mol. The number of hydrogen-bond donors (Lipinski definition) is 1. The summed E-state index contributed by atoms with van der Waals surface area (Å²) in [6.45, 7) is 0.730. The van der Waals surface area contributed by atoms with Crippen molar-refractivity contribution in [3.8, 4) is 55.9 Å². The molecule has 14 aromatic rings. The fourth-order valence-electron chi connectivity index (χ4n) is 14.7. The van der Waals surface area contributed by atoms with Crippen molar-refractivity contribution in [3.63, 3.8) is 0 Å². The molecule has 4 heteroatoms. The van der Waals surface area contributed by atoms with Crippen molar-refractivity contribution in [2.75, 3.05) is 12.4 Å². The van der Waals surface area contributed by atoms with E-state index in [1.807, 2.05) is 7.05 Å². The smallest absolute Gasteiger partial charge is 0.0727 e. The zero-order chi connectivity index (χ0) is 51.9. The number of benzene rings is 11. The van der Waals surface area contributed by atoms with Crippen LogP contribution in [0.5, 0.6) is 0 Å². The van der Waals surface area contributed by atoms with Crippen LogP contribution >= 0.6 is 0 Å². The van der Waals surface area contributed by atoms with Gasteiger partial charge >= 0.3 is 0 Å². The van der Waals surface area contributed by atoms with E-state index in [1.165, 1.54) is 144 Å². The first-order valence-electron chi connectivity index (χ1n) is 27.8. The third-order valence-corrected chi connectivity index (χ3v) is 18.0. The Morgan fingerprint density at radius 1 is 0.392 bits per heavy atom. The molecular weight excluding hydrogens is 957 g/mol. The van der Waals surface area contributed by atoms with E-state index >= 15 is 0 Å². The van der Waals surface area contributed by atoms with Crippen LogP contribution in [0.15, 0.2) is 249 Å². The molecule has 17 rings (SSSR count). The van der Waals surface area contributed by atoms with Crippen LogP contribution in [0.2, 0.25) is 0 Å². The topological polar surface area (TPSA) is 26.8 Å². The fraction of sp³-hybridized carbons (Fsp3) is 0.0667. The molecular formula is C75H52N4. The number of nitrogens with zero attached hydrogens (tertiary/aromatic N) is 3. The second-order valence-electron chi connectivity index (χ2n) is 21.8. The van der Waals surface area contributed by atoms with Crippen molar-refractivity contribution in [2.24, 2.45) is 0 Å². The highest BCUT2D eigenvalue weighted by atomic mass is 15.0. The quantitative estimate of drug-likeness (QED) is 0.169. The number of hydrogen-bond acceptors (Lipinski definition) is 1. The van der Waals surface area contributed by atoms with Gasteiger partial charge in [-0.2, -0.15) is 0 Å². The molecule has 3 aliphatic carbocycles. The van der Waals surface area contributed by atoms with Gasteiger partial charge in [0.2, 0.25) is 0 Å². The Balaban J connectivity index is 0.980. The van der Waals surface area contributed by atoms with Crippen LogP contribution in [-0.4, -0.2) is 20.7 Å². The fourth-order valence-corrected chi connectivity index (χ4v) is 14.7. The number of allylic oxidation sites excluding steroid dienone is 1. The zero-order valence-electron chi connectivity index (χ0n) is 43.7. The van der Waals surface area contributed by atoms with Crippen LogP contribution in [0.3, 0.4) is 0 Å². The van der Waals surface area contributed by atoms with Crippen molar-refractivity contribution in [1.82, 2.24) is 13.7 Å². The minimum atomic E-state index is -0.715. The second kappa shape index (κ2) is 16.8. The molecule has 1 spiro atoms. The predicted molar refractivity (Wildman–Crippen MR) is 330 cm³/mol. The van der Waals surface area contributed by atoms with Gasteiger partial charge in [0.05, 0.1) is 22.0 Å². The molecule has 1 unspecified atom stereocenters. The van der Waals surface area contributed by atoms with Crippen LogP contribution in [-0.2, 0) is 18.4 Å². The van der Waals surface area contributed by atoms with E-state index in [0.717, 1.165) is 30.8 Å². The lowest BCUT2D eigenvalue weighted by Gasteiger charge is -2.32. The molecule has 1 N–H and O–H groups in total. The summed E-state index contributed by atoms with van der Waals surface area (Å²) in [4.78, 5) is 0. The zero-order valence-corrected chi connectivity index (χ0v) is 43.7. The van der Waals surface area contributed by atoms with Crippen molar-refractivity contribution in [1.29, 1.82) is 0 Å². The van der Waals surface area contributed by atoms with Crippen molar-refractivity contribution < 1.29 is 0 Å². The maximum Gasteiger partial charge on any atom is 0.0727 e. The highest BCUT2D eigenvalue weighted by Crippen LogP contribution is 2.64. The first kappa shape index (κ1) is 44.2. The van der Waals surface area contributed by atoms with Gasteiger partial charge in [-0.15, -0.1) is 0 Å². The number of aromatic nitrogens is 3. The van der Waals surface area contributed by atoms with Gasteiger partial charge in [-0.1, -0.05) is 188 Å². The number of anilines is 1. The summed E-state index contributed by atoms with van der Waals surface area (Å²) in [6, 6.07) is 91.9. The van der Waals surface area contributed by atoms with E-state index in [-0.39, 0.29) is 0 Å². The van der Waals surface area contributed by atoms with Gasteiger partial charge < -0.3 is 19.0 Å². The Hall–Kier alpha value is -9.90. The van der Waals surface area contributed by atoms with E-state index in [2.05, 4.69) is 274 Å². The minimum Gasteiger partial charge on any atom is -0.388 e. The molecule has 0 radical (unpaired) electrons. The molecule has 372 valence electrons. The largest absolute Gasteiger partial charge is 0.388 e. The molecule has 11 aromatic carbocycles. The Bertz CT molecular complexity index is 4830. The molecule has 0 bridgehead atoms. The summed E-state index contributed by atoms with van der Waals surface area (Å²) < 4.78 is 7.61. The SMILES string of the molecule is CNc1ccccc1-c1ccccc1-c1ccc2c(c1)C1(c3cc(Cn4c5ccccc5c5ccccc54)ccc3-c3ccc(-n4c5ccccc5c5ccccc54)cc31)c1cc(-n3c4c(c5ccccc53)C=CCC4)ccc1-2. The number of fused-ring (bicyclic) bond motifs is 19. The minimum absolute atomic E-state index is 0.715. The third kappa shape index (κ3) is 6.14. The van der Waals surface area contributed by atoms with Crippen molar-refractivity contribution >= 4 is 66.3 Å². The highest BCUT2D eigenvalue weighted by molar-refractivity contribution is 6.10. The first-order valence-corrected chi connectivity index (χ1v) is 27.8. The lowest BCUT2D eigenvalue weighted by Crippen LogP contribution is -2.26. The Morgan fingerprint density at radius 3 is 1.49 bits per heavy atom. The van der Waals surface area contributed by atoms with Crippen LogP contribution in [0, 0.1) is 0 Å². The highest BCUT2D eigenvalue weighted by Gasteiger charge is 2.52. The van der Waals surface area contributed by atoms with Crippen LogP contribution < -0.4 is 5.32 Å². The standard InChI is InChI=1S/C75H52N4/c1-76-68-27-11-4-20-57(68)52-19-3-2-18-51(52)48-35-39-54-56-41-37-50(79-73-32-16-9-25-62(73)63-26-10-17-33-74(63)79)45-67(56)75(65(54)43-48)64-42-47(46-77-69-28-12-5-21-58(69)59-22-6-13-29-70(59)77)34-38-53(64)55-40-36-49(44-66(55)75)78-71-30-14-7-23-60(71)61-24-8-15-31-72(61)78/h2-16,18-32,34-45,76H,17,33,46H2,1H3. The summed E-state index contributed by atoms with van der Waals surface area (Å²) in [5.41, 5.74) is 28.0. The van der Waals surface area contributed by atoms with Gasteiger partial charge in [0, 0.05) is 85.4 Å². The van der Waals surface area contributed by atoms with Gasteiger partial charge in [-0.05, 0) is 146 Å². The molecule has 0 aliphatic heterocycles. The van der Waals surface area contributed by atoms with Gasteiger partial charge in [0.15, 0.2) is 0 Å². The van der Waals surface area contributed by atoms with Crippen molar-refractivity contribution in [3.05, 3.63) is 288 Å². The summed E-state index contributed by atoms with van der Waals surface area (Å²) >= 11 is 0. The molecule has 79 heavy (non-hydrogen) atoms.